The Balaban J connectivity index is -0.000000338. The molecule has 15 N–H and O–H groups in total. The third kappa shape index (κ3) is 63.8. The molecule has 32 heteroatoms. The molecule has 3 aliphatic heterocycles. The predicted octanol–water partition coefficient (Wildman–Crippen LogP) is 12.6. The van der Waals surface area contributed by atoms with Crippen LogP contribution in [0, 0.1) is 0 Å². The molecule has 666 valence electrons. The highest BCUT2D eigenvalue weighted by Gasteiger charge is 2.33. The Morgan fingerprint density at radius 3 is 1.18 bits per heavy atom. The van der Waals surface area contributed by atoms with Crippen LogP contribution < -0.4 is 65.3 Å². The van der Waals surface area contributed by atoms with E-state index in [1.807, 2.05) is 91.0 Å². The van der Waals surface area contributed by atoms with Gasteiger partial charge in [0.15, 0.2) is 0 Å². The highest BCUT2D eigenvalue weighted by Crippen LogP contribution is 2.12. The summed E-state index contributed by atoms with van der Waals surface area (Å²) in [4.78, 5) is 138. The minimum atomic E-state index is -0.847. The van der Waals surface area contributed by atoms with Crippen LogP contribution in [0.25, 0.3) is 0 Å². The van der Waals surface area contributed by atoms with E-state index in [4.69, 9.17) is 36.3 Å². The van der Waals surface area contributed by atoms with Gasteiger partial charge in [0, 0.05) is 58.8 Å². The number of benzene rings is 3. The Kier molecular flexibility index (Phi) is 80.3. The normalized spacial score (nSPS) is 13.6. The van der Waals surface area contributed by atoms with Crippen LogP contribution >= 0.6 is 0 Å². The first kappa shape index (κ1) is 117. The maximum absolute atomic E-state index is 12.8. The molecule has 6 rings (SSSR count). The molecule has 0 spiro atoms. The highest BCUT2D eigenvalue weighted by atomic mass is 16.6. The number of carbonyl (C=O) groups excluding carboxylic acids is 12. The molecule has 5 atom stereocenters. The fraction of sp³-hybridized carbons (Fsp3) is 0.643. The van der Waals surface area contributed by atoms with Crippen LogP contribution in [0.5, 0.6) is 0 Å². The van der Waals surface area contributed by atoms with Crippen molar-refractivity contribution < 1.29 is 95.4 Å². The van der Waals surface area contributed by atoms with E-state index in [2.05, 4.69) is 87.7 Å². The first-order valence-electron chi connectivity index (χ1n) is 38.6. The molecule has 0 aromatic heterocycles. The van der Waals surface area contributed by atoms with Crippen LogP contribution in [0.3, 0.4) is 0 Å². The van der Waals surface area contributed by atoms with Crippen LogP contribution in [0.4, 0.5) is 24.0 Å². The molecule has 3 heterocycles. The summed E-state index contributed by atoms with van der Waals surface area (Å²) >= 11 is 0. The summed E-state index contributed by atoms with van der Waals surface area (Å²) in [5.41, 5.74) is 16.3. The summed E-state index contributed by atoms with van der Waals surface area (Å²) in [6, 6.07) is 24.9. The molecule has 3 aromatic carbocycles. The number of hydrogen-bond acceptors (Lipinski definition) is 24. The zero-order valence-corrected chi connectivity index (χ0v) is 65.3. The number of ether oxygens (including phenoxy) is 8. The molecule has 0 radical (unpaired) electrons. The van der Waals surface area contributed by atoms with Gasteiger partial charge in [-0.3, -0.25) is 29.8 Å². The maximum Gasteiger partial charge on any atom is 0.415 e. The molecule has 5 unspecified atom stereocenters. The number of nitrogens with one attached hydrogen (secondary N) is 9. The topological polar surface area (TPSA) is 465 Å². The third-order valence-corrected chi connectivity index (χ3v) is 16.5. The lowest BCUT2D eigenvalue weighted by atomic mass is 10.1. The van der Waals surface area contributed by atoms with Gasteiger partial charge in [0.05, 0.1) is 20.3 Å². The molecule has 0 aliphatic carbocycles. The molecule has 3 aromatic rings. The smallest absolute Gasteiger partial charge is 0.415 e. The van der Waals surface area contributed by atoms with Gasteiger partial charge in [-0.2, -0.15) is 0 Å². The first-order chi connectivity index (χ1) is 53.2. The Morgan fingerprint density at radius 2 is 0.810 bits per heavy atom. The molecular formula is C84H150N12O20. The summed E-state index contributed by atoms with van der Waals surface area (Å²) in [6.07, 6.45) is 19.4. The lowest BCUT2D eigenvalue weighted by Crippen LogP contribution is -2.54. The summed E-state index contributed by atoms with van der Waals surface area (Å²) in [5.74, 6) is 2.60. The molecule has 8 amide bonds. The summed E-state index contributed by atoms with van der Waals surface area (Å²) in [6.45, 7) is 12.6. The monoisotopic (exact) mass is 1650 g/mol. The van der Waals surface area contributed by atoms with E-state index in [0.29, 0.717) is 77.7 Å². The van der Waals surface area contributed by atoms with Crippen LogP contribution in [0.1, 0.15) is 255 Å². The van der Waals surface area contributed by atoms with Gasteiger partial charge in [0.1, 0.15) is 44.0 Å². The highest BCUT2D eigenvalue weighted by molar-refractivity contribution is 5.96. The number of hydrogen-bond donors (Lipinski definition) is 12. The second-order valence-corrected chi connectivity index (χ2v) is 25.8. The van der Waals surface area contributed by atoms with E-state index in [-0.39, 0.29) is 102 Å². The number of carbonyl (C=O) groups is 12. The van der Waals surface area contributed by atoms with E-state index in [1.54, 1.807) is 0 Å². The van der Waals surface area contributed by atoms with Gasteiger partial charge in [-0.15, -0.1) is 0 Å². The van der Waals surface area contributed by atoms with Crippen molar-refractivity contribution in [2.75, 3.05) is 66.7 Å². The summed E-state index contributed by atoms with van der Waals surface area (Å²) < 4.78 is 37.8. The summed E-state index contributed by atoms with van der Waals surface area (Å²) in [5, 5.41) is 21.2. The van der Waals surface area contributed by atoms with Gasteiger partial charge < -0.3 is 91.9 Å². The molecule has 3 aliphatic rings. The van der Waals surface area contributed by atoms with E-state index < -0.39 is 90.5 Å². The number of hydrazine groups is 1. The molecule has 0 bridgehead atoms. The van der Waals surface area contributed by atoms with E-state index >= 15 is 0 Å². The minimum Gasteiger partial charge on any atom is -0.469 e. The quantitative estimate of drug-likeness (QED) is 0.00624. The molecule has 32 nitrogen and oxygen atoms in total. The number of amides is 8. The first-order valence-corrected chi connectivity index (χ1v) is 38.6. The number of rotatable bonds is 46. The SMILES string of the molecule is C.C.C.C.C.C.C1CCOC1.CCCCCCN.CCCCCCNC(=O)C(CCCCNC(=O)OCc1ccccc1)NC(=O)C(CCC(=O)OC)NN.CCCCCCNC(=O)C(N)CCCCNC(=O)OCc1ccccc1.COC(=O)CCC1NC(=O)OC1=O.O=C(NCCCCC1NC(=O)OC1=O)OCc1ccccc1. The second-order valence-electron chi connectivity index (χ2n) is 25.8. The molecule has 0 saturated carbocycles. The lowest BCUT2D eigenvalue weighted by Gasteiger charge is -2.22. The number of unbranched alkanes of at least 4 members (excludes halogenated alkanes) is 12. The van der Waals surface area contributed by atoms with Gasteiger partial charge in [0.25, 0.3) is 0 Å². The lowest BCUT2D eigenvalue weighted by molar-refractivity contribution is -0.142. The van der Waals surface area contributed by atoms with E-state index in [9.17, 15) is 57.5 Å². The van der Waals surface area contributed by atoms with Crippen molar-refractivity contribution >= 4 is 72.1 Å². The largest absolute Gasteiger partial charge is 0.469 e. The van der Waals surface area contributed by atoms with Crippen molar-refractivity contribution in [1.82, 2.24) is 48.0 Å². The van der Waals surface area contributed by atoms with E-state index in [0.717, 1.165) is 87.8 Å². The Labute approximate surface area is 692 Å². The van der Waals surface area contributed by atoms with Crippen LogP contribution in [0.15, 0.2) is 91.0 Å². The van der Waals surface area contributed by atoms with Gasteiger partial charge in [0.2, 0.25) is 17.7 Å². The third-order valence-electron chi connectivity index (χ3n) is 16.5. The fourth-order valence-corrected chi connectivity index (χ4v) is 10.0. The molecule has 3 fully saturated rings. The number of alkyl carbamates (subject to hydrolysis) is 5. The van der Waals surface area contributed by atoms with Crippen molar-refractivity contribution in [2.24, 2.45) is 17.3 Å². The Morgan fingerprint density at radius 1 is 0.440 bits per heavy atom. The van der Waals surface area contributed by atoms with Crippen molar-refractivity contribution in [3.8, 4) is 0 Å². The van der Waals surface area contributed by atoms with Gasteiger partial charge in [-0.25, -0.2) is 39.0 Å². The van der Waals surface area contributed by atoms with Crippen LogP contribution in [-0.2, 0) is 91.3 Å². The zero-order chi connectivity index (χ0) is 81.0. The van der Waals surface area contributed by atoms with Gasteiger partial charge in [-0.05, 0) is 126 Å². The molecule has 116 heavy (non-hydrogen) atoms. The van der Waals surface area contributed by atoms with Crippen LogP contribution in [-0.4, -0.2) is 169 Å². The number of nitrogens with two attached hydrogens (primary N) is 3. The van der Waals surface area contributed by atoms with Crippen LogP contribution in [0.2, 0.25) is 0 Å². The average Bonchev–Trinajstić information content (AvgIpc) is 1.74. The average molecular weight is 1650 g/mol. The number of cyclic esters (lactones) is 4. The zero-order valence-electron chi connectivity index (χ0n) is 65.3. The standard InChI is InChI=1S/C26H43N5O6.C20H33N3O3.C15H18N2O5.C7H9NO5.C6H15N.C4H8O.6CH4/c1-3-4-5-10-17-28-24(33)21(30-25(34)22(31-27)15-16-23(32)36-2)14-9-11-18-29-26(35)37-19-20-12-7-6-8-13-20;1-2-3-4-9-14-22-19(24)18(21)13-8-10-15-23-20(25)26-16-17-11-6-5-7-12-17;18-13-12(17-15(20)22-13)8-4-5-9-16-14(19)21-10-11-6-2-1-3-7-11;1-12-5(9)3-2-4-6(10)13-7(11)8-4;1-2-3-4-5-6-7;1-2-4-5-3-1;;;;;;/h6-8,12-13,21-22,31H,3-5,9-11,14-19,27H2,1-2H3,(H,28,33)(H,29,35)(H,30,34);5-7,11-12,18H,2-4,8-10,13-16,21H2,1H3,(H,22,24)(H,23,25);1-3,6-7,12H,4-5,8-10H2,(H,16,19)(H,17,20);4H,2-3H2,1H3,(H,8,11);2-7H2,1H3;1-4H2;6*1H4. The van der Waals surface area contributed by atoms with E-state index in [1.165, 1.54) is 65.6 Å². The van der Waals surface area contributed by atoms with Crippen molar-refractivity contribution in [3.05, 3.63) is 108 Å². The second kappa shape index (κ2) is 79.3. The van der Waals surface area contributed by atoms with Gasteiger partial charge >= 0.3 is 54.3 Å². The Hall–Kier alpha value is -9.50. The number of esters is 4. The minimum absolute atomic E-state index is 0. The van der Waals surface area contributed by atoms with Crippen molar-refractivity contribution in [3.63, 3.8) is 0 Å². The van der Waals surface area contributed by atoms with Crippen molar-refractivity contribution in [2.45, 2.75) is 289 Å². The predicted molar refractivity (Wildman–Crippen MR) is 454 cm³/mol. The van der Waals surface area contributed by atoms with Crippen molar-refractivity contribution in [1.29, 1.82) is 0 Å². The molecule has 3 saturated heterocycles. The van der Waals surface area contributed by atoms with Gasteiger partial charge in [-0.1, -0.05) is 214 Å². The fourth-order valence-electron chi connectivity index (χ4n) is 10.0. The Bertz CT molecular complexity index is 3010. The number of methoxy groups -OCH3 is 2. The maximum atomic E-state index is 12.8. The molecular weight excluding hydrogens is 1500 g/mol. The summed E-state index contributed by atoms with van der Waals surface area (Å²) in [7, 11) is 2.53.